The van der Waals surface area contributed by atoms with Crippen molar-refractivity contribution >= 4 is 5.91 Å². The molecule has 92 valence electrons. The Hall–Kier alpha value is -1.42. The van der Waals surface area contributed by atoms with Crippen molar-refractivity contribution in [1.82, 2.24) is 4.90 Å². The van der Waals surface area contributed by atoms with Crippen LogP contribution in [0.25, 0.3) is 0 Å². The van der Waals surface area contributed by atoms with Gasteiger partial charge in [0.1, 0.15) is 5.82 Å². The van der Waals surface area contributed by atoms with E-state index in [9.17, 15) is 14.3 Å². The summed E-state index contributed by atoms with van der Waals surface area (Å²) < 4.78 is 13.6. The molecule has 0 spiro atoms. The van der Waals surface area contributed by atoms with Gasteiger partial charge in [-0.2, -0.15) is 0 Å². The Bertz CT molecular complexity index is 457. The molecule has 1 amide bonds. The molecule has 0 saturated carbocycles. The summed E-state index contributed by atoms with van der Waals surface area (Å²) in [5, 5.41) is 9.80. The molecule has 1 saturated heterocycles. The van der Waals surface area contributed by atoms with Crippen molar-refractivity contribution < 1.29 is 14.3 Å². The second-order valence-electron chi connectivity index (χ2n) is 4.96. The summed E-state index contributed by atoms with van der Waals surface area (Å²) in [5.74, 6) is -0.851. The molecule has 1 aromatic carbocycles. The number of nitrogens with zero attached hydrogens (tertiary/aromatic N) is 1. The van der Waals surface area contributed by atoms with E-state index in [0.29, 0.717) is 13.0 Å². The van der Waals surface area contributed by atoms with Crippen LogP contribution in [0.15, 0.2) is 18.2 Å². The third-order valence-electron chi connectivity index (χ3n) is 3.09. The SMILES string of the molecule is Cc1ccc(F)c(C(=O)N2CCC(C)(O)C2)c1. The Labute approximate surface area is 99.9 Å². The van der Waals surface area contributed by atoms with Gasteiger partial charge in [-0.3, -0.25) is 4.79 Å². The van der Waals surface area contributed by atoms with Crippen molar-refractivity contribution in [2.24, 2.45) is 0 Å². The standard InChI is InChI=1S/C13H16FNO2/c1-9-3-4-11(14)10(7-9)12(16)15-6-5-13(2,17)8-15/h3-4,7,17H,5-6,8H2,1-2H3. The number of benzene rings is 1. The molecule has 1 aliphatic heterocycles. The molecule has 0 aliphatic carbocycles. The Morgan fingerprint density at radius 3 is 2.82 bits per heavy atom. The topological polar surface area (TPSA) is 40.5 Å². The third kappa shape index (κ3) is 2.47. The fourth-order valence-electron chi connectivity index (χ4n) is 2.09. The highest BCUT2D eigenvalue weighted by Crippen LogP contribution is 2.23. The monoisotopic (exact) mass is 237 g/mol. The van der Waals surface area contributed by atoms with Crippen molar-refractivity contribution in [1.29, 1.82) is 0 Å². The Morgan fingerprint density at radius 2 is 2.24 bits per heavy atom. The number of halogens is 1. The fraction of sp³-hybridized carbons (Fsp3) is 0.462. The summed E-state index contributed by atoms with van der Waals surface area (Å²) in [4.78, 5) is 13.6. The molecule has 0 radical (unpaired) electrons. The second-order valence-corrected chi connectivity index (χ2v) is 4.96. The van der Waals surface area contributed by atoms with E-state index in [0.717, 1.165) is 5.56 Å². The molecule has 0 aromatic heterocycles. The van der Waals surface area contributed by atoms with E-state index >= 15 is 0 Å². The van der Waals surface area contributed by atoms with Gasteiger partial charge in [-0.25, -0.2) is 4.39 Å². The van der Waals surface area contributed by atoms with Gasteiger partial charge in [0.15, 0.2) is 0 Å². The van der Waals surface area contributed by atoms with E-state index in [1.54, 1.807) is 19.1 Å². The first kappa shape index (κ1) is 12.0. The molecule has 4 heteroatoms. The average Bonchev–Trinajstić information content (AvgIpc) is 2.61. The Kier molecular flexibility index (Phi) is 2.91. The zero-order valence-corrected chi connectivity index (χ0v) is 10.0. The van der Waals surface area contributed by atoms with Crippen LogP contribution in [0.1, 0.15) is 29.3 Å². The first-order valence-corrected chi connectivity index (χ1v) is 5.67. The molecule has 1 N–H and O–H groups in total. The number of likely N-dealkylation sites (tertiary alicyclic amines) is 1. The number of amides is 1. The normalized spacial score (nSPS) is 24.1. The Balaban J connectivity index is 2.23. The van der Waals surface area contributed by atoms with Crippen LogP contribution in [0.2, 0.25) is 0 Å². The summed E-state index contributed by atoms with van der Waals surface area (Å²) in [6, 6.07) is 4.48. The predicted molar refractivity (Wildman–Crippen MR) is 62.3 cm³/mol. The van der Waals surface area contributed by atoms with Gasteiger partial charge < -0.3 is 10.0 Å². The van der Waals surface area contributed by atoms with Crippen LogP contribution in [-0.2, 0) is 0 Å². The Morgan fingerprint density at radius 1 is 1.53 bits per heavy atom. The zero-order valence-electron chi connectivity index (χ0n) is 10.0. The summed E-state index contributed by atoms with van der Waals surface area (Å²) in [6.45, 7) is 4.24. The lowest BCUT2D eigenvalue weighted by atomic mass is 10.1. The second kappa shape index (κ2) is 4.11. The van der Waals surface area contributed by atoms with Gasteiger partial charge in [-0.05, 0) is 32.4 Å². The number of aliphatic hydroxyl groups is 1. The highest BCUT2D eigenvalue weighted by Gasteiger charge is 2.34. The first-order chi connectivity index (χ1) is 7.89. The fourth-order valence-corrected chi connectivity index (χ4v) is 2.09. The third-order valence-corrected chi connectivity index (χ3v) is 3.09. The molecule has 1 fully saturated rings. The maximum absolute atomic E-state index is 13.6. The average molecular weight is 237 g/mol. The van der Waals surface area contributed by atoms with E-state index in [2.05, 4.69) is 0 Å². The maximum Gasteiger partial charge on any atom is 0.256 e. The predicted octanol–water partition coefficient (Wildman–Crippen LogP) is 1.73. The molecule has 1 aromatic rings. The molecule has 2 rings (SSSR count). The lowest BCUT2D eigenvalue weighted by Gasteiger charge is -2.19. The molecule has 1 atom stereocenters. The van der Waals surface area contributed by atoms with Crippen molar-refractivity contribution in [3.05, 3.63) is 35.1 Å². The van der Waals surface area contributed by atoms with Gasteiger partial charge in [-0.15, -0.1) is 0 Å². The lowest BCUT2D eigenvalue weighted by molar-refractivity contribution is 0.0569. The highest BCUT2D eigenvalue weighted by molar-refractivity contribution is 5.95. The first-order valence-electron chi connectivity index (χ1n) is 5.67. The summed E-state index contributed by atoms with van der Waals surface area (Å²) >= 11 is 0. The summed E-state index contributed by atoms with van der Waals surface area (Å²) in [5.41, 5.74) is 0.0825. The van der Waals surface area contributed by atoms with Gasteiger partial charge in [0.2, 0.25) is 0 Å². The number of hydrogen-bond donors (Lipinski definition) is 1. The van der Waals surface area contributed by atoms with E-state index < -0.39 is 11.4 Å². The van der Waals surface area contributed by atoms with Gasteiger partial charge >= 0.3 is 0 Å². The van der Waals surface area contributed by atoms with Crippen LogP contribution in [0.5, 0.6) is 0 Å². The van der Waals surface area contributed by atoms with Crippen molar-refractivity contribution in [2.45, 2.75) is 25.9 Å². The van der Waals surface area contributed by atoms with E-state index in [4.69, 9.17) is 0 Å². The maximum atomic E-state index is 13.6. The van der Waals surface area contributed by atoms with Crippen LogP contribution in [0.3, 0.4) is 0 Å². The summed E-state index contributed by atoms with van der Waals surface area (Å²) in [6.07, 6.45) is 0.534. The number of hydrogen-bond acceptors (Lipinski definition) is 2. The van der Waals surface area contributed by atoms with Crippen LogP contribution in [0.4, 0.5) is 4.39 Å². The van der Waals surface area contributed by atoms with Gasteiger partial charge in [0.25, 0.3) is 5.91 Å². The molecule has 1 unspecified atom stereocenters. The molecule has 3 nitrogen and oxygen atoms in total. The van der Waals surface area contributed by atoms with Crippen molar-refractivity contribution in [3.8, 4) is 0 Å². The number of β-amino-alcohol motifs (C(OH)–C–C–N with tert-alkyl or cyclic N) is 1. The minimum Gasteiger partial charge on any atom is -0.388 e. The van der Waals surface area contributed by atoms with E-state index in [-0.39, 0.29) is 18.0 Å². The van der Waals surface area contributed by atoms with E-state index in [1.807, 2.05) is 6.92 Å². The summed E-state index contributed by atoms with van der Waals surface area (Å²) in [7, 11) is 0. The largest absolute Gasteiger partial charge is 0.388 e. The molecule has 1 heterocycles. The number of rotatable bonds is 1. The van der Waals surface area contributed by atoms with Crippen molar-refractivity contribution in [3.63, 3.8) is 0 Å². The molecular formula is C13H16FNO2. The number of aryl methyl sites for hydroxylation is 1. The van der Waals surface area contributed by atoms with Gasteiger partial charge in [0.05, 0.1) is 11.2 Å². The minimum absolute atomic E-state index is 0.0858. The smallest absolute Gasteiger partial charge is 0.256 e. The molecule has 1 aliphatic rings. The molecular weight excluding hydrogens is 221 g/mol. The van der Waals surface area contributed by atoms with Crippen LogP contribution >= 0.6 is 0 Å². The van der Waals surface area contributed by atoms with Crippen LogP contribution in [0, 0.1) is 12.7 Å². The zero-order chi connectivity index (χ0) is 12.6. The van der Waals surface area contributed by atoms with Gasteiger partial charge in [0, 0.05) is 13.1 Å². The van der Waals surface area contributed by atoms with Crippen LogP contribution < -0.4 is 0 Å². The highest BCUT2D eigenvalue weighted by atomic mass is 19.1. The van der Waals surface area contributed by atoms with E-state index in [1.165, 1.54) is 11.0 Å². The van der Waals surface area contributed by atoms with Crippen molar-refractivity contribution in [2.75, 3.05) is 13.1 Å². The van der Waals surface area contributed by atoms with Gasteiger partial charge in [-0.1, -0.05) is 11.6 Å². The molecule has 0 bridgehead atoms. The number of carbonyl (C=O) groups is 1. The quantitative estimate of drug-likeness (QED) is 0.808. The van der Waals surface area contributed by atoms with Crippen LogP contribution in [-0.4, -0.2) is 34.6 Å². The number of carbonyl (C=O) groups excluding carboxylic acids is 1. The lowest BCUT2D eigenvalue weighted by Crippen LogP contribution is -2.34. The minimum atomic E-state index is -0.851. The molecule has 17 heavy (non-hydrogen) atoms.